The second-order valence-corrected chi connectivity index (χ2v) is 8.20. The summed E-state index contributed by atoms with van der Waals surface area (Å²) in [5.74, 6) is 0.966. The highest BCUT2D eigenvalue weighted by Crippen LogP contribution is 2.79. The quantitative estimate of drug-likeness (QED) is 0.790. The van der Waals surface area contributed by atoms with Crippen molar-refractivity contribution in [3.05, 3.63) is 24.3 Å². The van der Waals surface area contributed by atoms with E-state index < -0.39 is 0 Å². The van der Waals surface area contributed by atoms with Gasteiger partial charge < -0.3 is 10.1 Å². The molecule has 3 aliphatic carbocycles. The van der Waals surface area contributed by atoms with Gasteiger partial charge in [0.2, 0.25) is 5.91 Å². The first-order valence-corrected chi connectivity index (χ1v) is 8.89. The number of anilines is 1. The predicted octanol–water partition coefficient (Wildman–Crippen LogP) is 4.61. The second kappa shape index (κ2) is 4.98. The first-order valence-electron chi connectivity index (χ1n) is 7.98. The van der Waals surface area contributed by atoms with Gasteiger partial charge in [0.25, 0.3) is 0 Å². The summed E-state index contributed by atoms with van der Waals surface area (Å²) in [4.78, 5) is 13.2. The normalized spacial score (nSPS) is 34.9. The number of hydrogen-bond acceptors (Lipinski definition) is 2. The van der Waals surface area contributed by atoms with Crippen LogP contribution in [0.1, 0.15) is 40.5 Å². The van der Waals surface area contributed by atoms with E-state index in [1.165, 1.54) is 0 Å². The van der Waals surface area contributed by atoms with Crippen LogP contribution >= 0.6 is 15.9 Å². The lowest BCUT2D eigenvalue weighted by molar-refractivity contribution is -0.155. The Morgan fingerprint density at radius 2 is 1.91 bits per heavy atom. The summed E-state index contributed by atoms with van der Waals surface area (Å²) in [6, 6.07) is 7.60. The highest BCUT2D eigenvalue weighted by Gasteiger charge is 2.80. The van der Waals surface area contributed by atoms with Crippen LogP contribution in [-0.4, -0.2) is 17.3 Å². The molecule has 22 heavy (non-hydrogen) atoms. The number of rotatable bonds is 4. The van der Waals surface area contributed by atoms with E-state index in [1.807, 2.05) is 31.2 Å². The number of benzene rings is 1. The van der Waals surface area contributed by atoms with Crippen molar-refractivity contribution >= 4 is 27.5 Å². The molecule has 0 heterocycles. The maximum atomic E-state index is 13.0. The first kappa shape index (κ1) is 15.9. The summed E-state index contributed by atoms with van der Waals surface area (Å²) in [5.41, 5.74) is 0.756. The Kier molecular flexibility index (Phi) is 3.59. The number of fused-ring (bicyclic) bond motifs is 1. The van der Waals surface area contributed by atoms with E-state index in [0.29, 0.717) is 6.61 Å². The van der Waals surface area contributed by atoms with Gasteiger partial charge in [-0.1, -0.05) is 36.7 Å². The van der Waals surface area contributed by atoms with E-state index in [2.05, 4.69) is 42.0 Å². The lowest BCUT2D eigenvalue weighted by Crippen LogP contribution is -2.68. The molecule has 1 N–H and O–H groups in total. The minimum atomic E-state index is -0.305. The number of carbonyl (C=O) groups is 1. The molecule has 3 saturated carbocycles. The zero-order chi connectivity index (χ0) is 16.2. The van der Waals surface area contributed by atoms with E-state index in [4.69, 9.17) is 4.74 Å². The Morgan fingerprint density at radius 3 is 2.36 bits per heavy atom. The van der Waals surface area contributed by atoms with Crippen LogP contribution in [0.4, 0.5) is 5.69 Å². The fraction of sp³-hybridized carbons (Fsp3) is 0.611. The van der Waals surface area contributed by atoms with Crippen LogP contribution in [0, 0.1) is 16.2 Å². The average Bonchev–Trinajstić information content (AvgIpc) is 2.89. The molecule has 3 nitrogen and oxygen atoms in total. The van der Waals surface area contributed by atoms with Gasteiger partial charge in [-0.15, -0.1) is 0 Å². The minimum Gasteiger partial charge on any atom is -0.494 e. The van der Waals surface area contributed by atoms with Crippen LogP contribution in [0.5, 0.6) is 5.75 Å². The van der Waals surface area contributed by atoms with E-state index in [-0.39, 0.29) is 27.0 Å². The van der Waals surface area contributed by atoms with E-state index >= 15 is 0 Å². The highest BCUT2D eigenvalue weighted by atomic mass is 79.9. The molecule has 2 bridgehead atoms. The first-order chi connectivity index (χ1) is 10.3. The number of carbonyl (C=O) groups excluding carboxylic acids is 1. The van der Waals surface area contributed by atoms with Crippen molar-refractivity contribution in [2.45, 2.75) is 45.4 Å². The van der Waals surface area contributed by atoms with E-state index in [9.17, 15) is 4.79 Å². The average molecular weight is 366 g/mol. The monoisotopic (exact) mass is 365 g/mol. The number of amides is 1. The van der Waals surface area contributed by atoms with Crippen LogP contribution in [0.15, 0.2) is 24.3 Å². The largest absolute Gasteiger partial charge is 0.494 e. The van der Waals surface area contributed by atoms with Crippen molar-refractivity contribution < 1.29 is 9.53 Å². The van der Waals surface area contributed by atoms with Crippen molar-refractivity contribution in [3.63, 3.8) is 0 Å². The highest BCUT2D eigenvalue weighted by molar-refractivity contribution is 9.09. The number of hydrogen-bond donors (Lipinski definition) is 1. The fourth-order valence-corrected chi connectivity index (χ4v) is 6.31. The summed E-state index contributed by atoms with van der Waals surface area (Å²) in [7, 11) is 0. The van der Waals surface area contributed by atoms with Gasteiger partial charge in [-0.3, -0.25) is 4.79 Å². The third kappa shape index (κ3) is 1.76. The molecule has 1 amide bonds. The molecule has 0 saturated heterocycles. The van der Waals surface area contributed by atoms with Gasteiger partial charge in [0, 0.05) is 10.5 Å². The van der Waals surface area contributed by atoms with E-state index in [1.54, 1.807) is 0 Å². The van der Waals surface area contributed by atoms with Crippen molar-refractivity contribution in [3.8, 4) is 5.75 Å². The smallest absolute Gasteiger partial charge is 0.232 e. The summed E-state index contributed by atoms with van der Waals surface area (Å²) >= 11 is 3.81. The molecule has 0 aromatic heterocycles. The third-order valence-electron chi connectivity index (χ3n) is 6.40. The van der Waals surface area contributed by atoms with Crippen LogP contribution in [0.25, 0.3) is 0 Å². The van der Waals surface area contributed by atoms with Crippen molar-refractivity contribution in [1.82, 2.24) is 0 Å². The Bertz CT molecular complexity index is 598. The van der Waals surface area contributed by atoms with Crippen LogP contribution in [0.3, 0.4) is 0 Å². The Hall–Kier alpha value is -1.03. The lowest BCUT2D eigenvalue weighted by atomic mass is 9.43. The van der Waals surface area contributed by atoms with Gasteiger partial charge >= 0.3 is 0 Å². The fourth-order valence-electron chi connectivity index (χ4n) is 4.50. The molecule has 1 aromatic carbocycles. The summed E-state index contributed by atoms with van der Waals surface area (Å²) in [6.07, 6.45) is 2.06. The molecular formula is C18H24BrNO2. The molecule has 0 spiro atoms. The molecule has 4 rings (SSSR count). The second-order valence-electron chi connectivity index (χ2n) is 7.29. The third-order valence-corrected chi connectivity index (χ3v) is 8.19. The van der Waals surface area contributed by atoms with Gasteiger partial charge in [-0.25, -0.2) is 0 Å². The van der Waals surface area contributed by atoms with E-state index in [0.717, 1.165) is 24.3 Å². The van der Waals surface area contributed by atoms with Gasteiger partial charge in [0.1, 0.15) is 5.75 Å². The molecule has 3 aliphatic rings. The molecule has 1 aromatic rings. The molecule has 3 atom stereocenters. The number of nitrogens with one attached hydrogen (secondary N) is 1. The van der Waals surface area contributed by atoms with Crippen LogP contribution in [0.2, 0.25) is 0 Å². The molecule has 120 valence electrons. The molecule has 0 aliphatic heterocycles. The lowest BCUT2D eigenvalue weighted by Gasteiger charge is -2.64. The SMILES string of the molecule is CCOc1ccc(NC(=O)C23CCC(C)(C2Br)C3(C)C)cc1. The Labute approximate surface area is 140 Å². The van der Waals surface area contributed by atoms with Gasteiger partial charge in [0.15, 0.2) is 0 Å². The summed E-state index contributed by atoms with van der Waals surface area (Å²) in [5, 5.41) is 3.11. The zero-order valence-corrected chi connectivity index (χ0v) is 15.3. The topological polar surface area (TPSA) is 38.3 Å². The molecule has 3 unspecified atom stereocenters. The Balaban J connectivity index is 1.78. The van der Waals surface area contributed by atoms with Crippen molar-refractivity contribution in [2.24, 2.45) is 16.2 Å². The minimum absolute atomic E-state index is 0.0174. The Morgan fingerprint density at radius 1 is 1.27 bits per heavy atom. The summed E-state index contributed by atoms with van der Waals surface area (Å²) < 4.78 is 5.44. The number of ether oxygens (including phenoxy) is 1. The molecule has 0 radical (unpaired) electrons. The van der Waals surface area contributed by atoms with Crippen LogP contribution < -0.4 is 10.1 Å². The standard InChI is InChI=1S/C18H24BrNO2/c1-5-22-13-8-6-12(7-9-13)20-15(21)18-11-10-17(4,14(18)19)16(18,2)3/h6-9,14H,5,10-11H2,1-4H3,(H,20,21). The van der Waals surface area contributed by atoms with Gasteiger partial charge in [0.05, 0.1) is 12.0 Å². The summed E-state index contributed by atoms with van der Waals surface area (Å²) in [6.45, 7) is 9.36. The number of alkyl halides is 1. The predicted molar refractivity (Wildman–Crippen MR) is 92.5 cm³/mol. The maximum Gasteiger partial charge on any atom is 0.232 e. The van der Waals surface area contributed by atoms with Crippen molar-refractivity contribution in [2.75, 3.05) is 11.9 Å². The van der Waals surface area contributed by atoms with Crippen LogP contribution in [-0.2, 0) is 4.79 Å². The molecular weight excluding hydrogens is 342 g/mol. The maximum absolute atomic E-state index is 13.0. The van der Waals surface area contributed by atoms with Gasteiger partial charge in [-0.05, 0) is 54.9 Å². The molecule has 4 heteroatoms. The van der Waals surface area contributed by atoms with Gasteiger partial charge in [-0.2, -0.15) is 0 Å². The number of halogens is 1. The zero-order valence-electron chi connectivity index (χ0n) is 13.7. The molecule has 3 fully saturated rings. The van der Waals surface area contributed by atoms with Crippen molar-refractivity contribution in [1.29, 1.82) is 0 Å².